The number of amides is 3. The molecule has 8 heteroatoms. The first-order valence-electron chi connectivity index (χ1n) is 9.24. The SMILES string of the molecule is CCC(=O)NCCNC(=O)c1ccc(NC(=O)COc2ccccc2OC)cc1. The lowest BCUT2D eigenvalue weighted by molar-refractivity contribution is -0.120. The Bertz CT molecular complexity index is 836. The van der Waals surface area contributed by atoms with Gasteiger partial charge in [-0.05, 0) is 36.4 Å². The highest BCUT2D eigenvalue weighted by Crippen LogP contribution is 2.25. The van der Waals surface area contributed by atoms with E-state index in [-0.39, 0.29) is 24.3 Å². The van der Waals surface area contributed by atoms with Crippen molar-refractivity contribution in [1.82, 2.24) is 10.6 Å². The number of benzene rings is 2. The molecule has 2 rings (SSSR count). The van der Waals surface area contributed by atoms with E-state index in [9.17, 15) is 14.4 Å². The number of rotatable bonds is 10. The summed E-state index contributed by atoms with van der Waals surface area (Å²) < 4.78 is 10.6. The number of carbonyl (C=O) groups excluding carboxylic acids is 3. The average Bonchev–Trinajstić information content (AvgIpc) is 2.75. The minimum atomic E-state index is -0.334. The van der Waals surface area contributed by atoms with Crippen LogP contribution in [0, 0.1) is 0 Å². The van der Waals surface area contributed by atoms with Gasteiger partial charge in [0, 0.05) is 30.8 Å². The predicted octanol–water partition coefficient (Wildman–Crippen LogP) is 1.97. The summed E-state index contributed by atoms with van der Waals surface area (Å²) in [5.41, 5.74) is 1.00. The van der Waals surface area contributed by atoms with Crippen LogP contribution < -0.4 is 25.4 Å². The van der Waals surface area contributed by atoms with Gasteiger partial charge in [-0.3, -0.25) is 14.4 Å². The molecule has 0 saturated carbocycles. The minimum Gasteiger partial charge on any atom is -0.493 e. The van der Waals surface area contributed by atoms with E-state index in [1.807, 2.05) is 6.07 Å². The van der Waals surface area contributed by atoms with E-state index >= 15 is 0 Å². The van der Waals surface area contributed by atoms with Gasteiger partial charge in [0.1, 0.15) is 0 Å². The molecule has 3 N–H and O–H groups in total. The van der Waals surface area contributed by atoms with Crippen LogP contribution in [0.2, 0.25) is 0 Å². The monoisotopic (exact) mass is 399 g/mol. The van der Waals surface area contributed by atoms with Crippen LogP contribution in [-0.4, -0.2) is 44.5 Å². The molecule has 0 saturated heterocycles. The molecule has 0 spiro atoms. The minimum absolute atomic E-state index is 0.0611. The molecule has 0 fully saturated rings. The molecule has 0 unspecified atom stereocenters. The Morgan fingerprint density at radius 1 is 0.862 bits per heavy atom. The Labute approximate surface area is 169 Å². The van der Waals surface area contributed by atoms with Crippen molar-refractivity contribution in [2.45, 2.75) is 13.3 Å². The number of nitrogens with one attached hydrogen (secondary N) is 3. The predicted molar refractivity (Wildman–Crippen MR) is 109 cm³/mol. The van der Waals surface area contributed by atoms with Crippen molar-refractivity contribution in [3.05, 3.63) is 54.1 Å². The quantitative estimate of drug-likeness (QED) is 0.530. The largest absolute Gasteiger partial charge is 0.493 e. The van der Waals surface area contributed by atoms with Crippen LogP contribution in [0.15, 0.2) is 48.5 Å². The molecule has 0 radical (unpaired) electrons. The molecule has 0 heterocycles. The second kappa shape index (κ2) is 11.3. The third kappa shape index (κ3) is 7.17. The van der Waals surface area contributed by atoms with Gasteiger partial charge in [0.2, 0.25) is 5.91 Å². The summed E-state index contributed by atoms with van der Waals surface area (Å²) in [6.45, 7) is 2.30. The second-order valence-electron chi connectivity index (χ2n) is 6.02. The third-order valence-corrected chi connectivity index (χ3v) is 3.91. The first-order valence-corrected chi connectivity index (χ1v) is 9.24. The number of hydrogen-bond acceptors (Lipinski definition) is 5. The third-order valence-electron chi connectivity index (χ3n) is 3.91. The summed E-state index contributed by atoms with van der Waals surface area (Å²) in [4.78, 5) is 35.3. The highest BCUT2D eigenvalue weighted by molar-refractivity contribution is 5.96. The molecule has 0 atom stereocenters. The molecular formula is C21H25N3O5. The fourth-order valence-electron chi connectivity index (χ4n) is 2.39. The van der Waals surface area contributed by atoms with Crippen LogP contribution >= 0.6 is 0 Å². The van der Waals surface area contributed by atoms with Crippen LogP contribution in [0.4, 0.5) is 5.69 Å². The summed E-state index contributed by atoms with van der Waals surface area (Å²) >= 11 is 0. The maximum Gasteiger partial charge on any atom is 0.262 e. The maximum absolute atomic E-state index is 12.1. The summed E-state index contributed by atoms with van der Waals surface area (Å²) in [6.07, 6.45) is 0.408. The van der Waals surface area contributed by atoms with Crippen LogP contribution in [0.1, 0.15) is 23.7 Å². The molecule has 3 amide bonds. The fraction of sp³-hybridized carbons (Fsp3) is 0.286. The Hall–Kier alpha value is -3.55. The van der Waals surface area contributed by atoms with Crippen molar-refractivity contribution >= 4 is 23.4 Å². The molecule has 154 valence electrons. The smallest absolute Gasteiger partial charge is 0.262 e. The lowest BCUT2D eigenvalue weighted by atomic mass is 10.2. The van der Waals surface area contributed by atoms with Gasteiger partial charge in [-0.25, -0.2) is 0 Å². The van der Waals surface area contributed by atoms with Crippen molar-refractivity contribution in [3.8, 4) is 11.5 Å². The average molecular weight is 399 g/mol. The van der Waals surface area contributed by atoms with E-state index in [4.69, 9.17) is 9.47 Å². The molecule has 29 heavy (non-hydrogen) atoms. The van der Waals surface area contributed by atoms with Gasteiger partial charge in [-0.2, -0.15) is 0 Å². The molecular weight excluding hydrogens is 374 g/mol. The molecule has 0 bridgehead atoms. The maximum atomic E-state index is 12.1. The van der Waals surface area contributed by atoms with Crippen LogP contribution in [0.25, 0.3) is 0 Å². The number of anilines is 1. The molecule has 0 aliphatic carbocycles. The number of carbonyl (C=O) groups is 3. The second-order valence-corrected chi connectivity index (χ2v) is 6.02. The lowest BCUT2D eigenvalue weighted by Gasteiger charge is -2.11. The first-order chi connectivity index (χ1) is 14.0. The molecule has 8 nitrogen and oxygen atoms in total. The number of para-hydroxylation sites is 2. The van der Waals surface area contributed by atoms with E-state index in [0.717, 1.165) is 0 Å². The number of methoxy groups -OCH3 is 1. The van der Waals surface area contributed by atoms with E-state index < -0.39 is 0 Å². The Morgan fingerprint density at radius 3 is 2.17 bits per heavy atom. The van der Waals surface area contributed by atoms with Gasteiger partial charge < -0.3 is 25.4 Å². The summed E-state index contributed by atoms with van der Waals surface area (Å²) in [5, 5.41) is 8.10. The van der Waals surface area contributed by atoms with E-state index in [1.54, 1.807) is 49.4 Å². The summed E-state index contributed by atoms with van der Waals surface area (Å²) in [5.74, 6) is 0.374. The lowest BCUT2D eigenvalue weighted by Crippen LogP contribution is -2.34. The van der Waals surface area contributed by atoms with Crippen molar-refractivity contribution in [1.29, 1.82) is 0 Å². The molecule has 0 aliphatic heterocycles. The van der Waals surface area contributed by atoms with Gasteiger partial charge in [0.25, 0.3) is 11.8 Å². The van der Waals surface area contributed by atoms with Gasteiger partial charge in [-0.1, -0.05) is 19.1 Å². The van der Waals surface area contributed by atoms with E-state index in [2.05, 4.69) is 16.0 Å². The Balaban J connectivity index is 1.78. The van der Waals surface area contributed by atoms with Crippen molar-refractivity contribution in [2.75, 3.05) is 32.1 Å². The Kier molecular flexibility index (Phi) is 8.50. The number of ether oxygens (including phenoxy) is 2. The Morgan fingerprint density at radius 2 is 1.52 bits per heavy atom. The summed E-state index contributed by atoms with van der Waals surface area (Å²) in [7, 11) is 1.53. The van der Waals surface area contributed by atoms with Crippen molar-refractivity contribution in [2.24, 2.45) is 0 Å². The summed E-state index contributed by atoms with van der Waals surface area (Å²) in [6, 6.07) is 13.5. The normalized spacial score (nSPS) is 10.0. The van der Waals surface area contributed by atoms with E-state index in [0.29, 0.717) is 42.3 Å². The molecule has 0 aromatic heterocycles. The zero-order chi connectivity index (χ0) is 21.1. The fourth-order valence-corrected chi connectivity index (χ4v) is 2.39. The van der Waals surface area contributed by atoms with Crippen LogP contribution in [0.3, 0.4) is 0 Å². The van der Waals surface area contributed by atoms with Gasteiger partial charge in [0.05, 0.1) is 7.11 Å². The first kappa shape index (κ1) is 21.7. The van der Waals surface area contributed by atoms with Crippen LogP contribution in [-0.2, 0) is 9.59 Å². The number of hydrogen-bond donors (Lipinski definition) is 3. The zero-order valence-corrected chi connectivity index (χ0v) is 16.5. The van der Waals surface area contributed by atoms with Gasteiger partial charge >= 0.3 is 0 Å². The topological polar surface area (TPSA) is 106 Å². The van der Waals surface area contributed by atoms with Crippen molar-refractivity contribution < 1.29 is 23.9 Å². The highest BCUT2D eigenvalue weighted by Gasteiger charge is 2.09. The molecule has 0 aliphatic rings. The molecule has 2 aromatic carbocycles. The zero-order valence-electron chi connectivity index (χ0n) is 16.5. The standard InChI is InChI=1S/C21H25N3O5/c1-3-19(25)22-12-13-23-21(27)15-8-10-16(11-9-15)24-20(26)14-29-18-7-5-4-6-17(18)28-2/h4-11H,3,12-14H2,1-2H3,(H,22,25)(H,23,27)(H,24,26). The van der Waals surface area contributed by atoms with Gasteiger partial charge in [0.15, 0.2) is 18.1 Å². The van der Waals surface area contributed by atoms with E-state index in [1.165, 1.54) is 7.11 Å². The van der Waals surface area contributed by atoms with Gasteiger partial charge in [-0.15, -0.1) is 0 Å². The molecule has 2 aromatic rings. The van der Waals surface area contributed by atoms with Crippen molar-refractivity contribution in [3.63, 3.8) is 0 Å². The van der Waals surface area contributed by atoms with Crippen LogP contribution in [0.5, 0.6) is 11.5 Å². The highest BCUT2D eigenvalue weighted by atomic mass is 16.5.